The minimum atomic E-state index is -0.313. The van der Waals surface area contributed by atoms with Gasteiger partial charge in [0, 0.05) is 23.0 Å². The number of nitrogens with two attached hydrogens (primary N) is 1. The SMILES string of the molecule is NC(Cc1ccco1)Cc1c(F)cccc1Cl. The Morgan fingerprint density at radius 3 is 2.71 bits per heavy atom. The van der Waals surface area contributed by atoms with Crippen LogP contribution in [0.15, 0.2) is 41.0 Å². The molecule has 2 N–H and O–H groups in total. The van der Waals surface area contributed by atoms with Gasteiger partial charge in [0.15, 0.2) is 0 Å². The first-order valence-electron chi connectivity index (χ1n) is 5.37. The minimum absolute atomic E-state index is 0.212. The maximum atomic E-state index is 13.5. The van der Waals surface area contributed by atoms with Crippen molar-refractivity contribution in [1.29, 1.82) is 0 Å². The Labute approximate surface area is 104 Å². The van der Waals surface area contributed by atoms with E-state index in [1.807, 2.05) is 6.07 Å². The normalized spacial score (nSPS) is 12.6. The van der Waals surface area contributed by atoms with Crippen LogP contribution in [0.3, 0.4) is 0 Å². The Morgan fingerprint density at radius 1 is 1.24 bits per heavy atom. The first-order chi connectivity index (χ1) is 8.16. The molecule has 1 heterocycles. The Morgan fingerprint density at radius 2 is 2.06 bits per heavy atom. The first-order valence-corrected chi connectivity index (χ1v) is 5.75. The van der Waals surface area contributed by atoms with Gasteiger partial charge in [0.1, 0.15) is 11.6 Å². The summed E-state index contributed by atoms with van der Waals surface area (Å²) in [5.41, 5.74) is 6.42. The molecule has 1 aromatic carbocycles. The average molecular weight is 254 g/mol. The van der Waals surface area contributed by atoms with Crippen molar-refractivity contribution in [3.63, 3.8) is 0 Å². The lowest BCUT2D eigenvalue weighted by Gasteiger charge is -2.12. The predicted octanol–water partition coefficient (Wildman–Crippen LogP) is 3.18. The summed E-state index contributed by atoms with van der Waals surface area (Å²) in [6, 6.07) is 8.08. The largest absolute Gasteiger partial charge is 0.469 e. The van der Waals surface area contributed by atoms with Crippen LogP contribution < -0.4 is 5.73 Å². The topological polar surface area (TPSA) is 39.2 Å². The zero-order chi connectivity index (χ0) is 12.3. The van der Waals surface area contributed by atoms with E-state index in [4.69, 9.17) is 21.8 Å². The molecule has 0 bridgehead atoms. The molecular formula is C13H13ClFNO. The molecule has 0 aliphatic rings. The van der Waals surface area contributed by atoms with Gasteiger partial charge in [-0.3, -0.25) is 0 Å². The number of furan rings is 1. The van der Waals surface area contributed by atoms with E-state index < -0.39 is 0 Å². The molecule has 2 aromatic rings. The van der Waals surface area contributed by atoms with Gasteiger partial charge >= 0.3 is 0 Å². The number of benzene rings is 1. The van der Waals surface area contributed by atoms with E-state index in [0.717, 1.165) is 5.76 Å². The Balaban J connectivity index is 2.05. The molecule has 1 unspecified atom stereocenters. The van der Waals surface area contributed by atoms with E-state index in [9.17, 15) is 4.39 Å². The number of hydrogen-bond acceptors (Lipinski definition) is 2. The van der Waals surface area contributed by atoms with Crippen LogP contribution in [0.25, 0.3) is 0 Å². The summed E-state index contributed by atoms with van der Waals surface area (Å²) >= 11 is 5.94. The highest BCUT2D eigenvalue weighted by atomic mass is 35.5. The Bertz CT molecular complexity index is 464. The van der Waals surface area contributed by atoms with Crippen LogP contribution in [0.5, 0.6) is 0 Å². The van der Waals surface area contributed by atoms with Crippen molar-refractivity contribution < 1.29 is 8.81 Å². The summed E-state index contributed by atoms with van der Waals surface area (Å²) in [5.74, 6) is 0.484. The molecule has 17 heavy (non-hydrogen) atoms. The van der Waals surface area contributed by atoms with Gasteiger partial charge < -0.3 is 10.2 Å². The molecule has 4 heteroatoms. The smallest absolute Gasteiger partial charge is 0.127 e. The second-order valence-electron chi connectivity index (χ2n) is 3.95. The summed E-state index contributed by atoms with van der Waals surface area (Å²) in [4.78, 5) is 0. The number of rotatable bonds is 4. The molecule has 0 aliphatic heterocycles. The van der Waals surface area contributed by atoms with Gasteiger partial charge in [0.2, 0.25) is 0 Å². The monoisotopic (exact) mass is 253 g/mol. The molecule has 0 saturated heterocycles. The third kappa shape index (κ3) is 3.08. The standard InChI is InChI=1S/C13H13ClFNO/c14-12-4-1-5-13(15)11(12)8-9(16)7-10-3-2-6-17-10/h1-6,9H,7-8,16H2. The van der Waals surface area contributed by atoms with Crippen molar-refractivity contribution in [2.24, 2.45) is 5.73 Å². The molecule has 0 aliphatic carbocycles. The zero-order valence-corrected chi connectivity index (χ0v) is 9.95. The lowest BCUT2D eigenvalue weighted by molar-refractivity contribution is 0.479. The van der Waals surface area contributed by atoms with Gasteiger partial charge in [0.05, 0.1) is 6.26 Å². The average Bonchev–Trinajstić information content (AvgIpc) is 2.76. The Kier molecular flexibility index (Phi) is 3.82. The van der Waals surface area contributed by atoms with Gasteiger partial charge in [-0.25, -0.2) is 4.39 Å². The molecule has 0 spiro atoms. The second-order valence-corrected chi connectivity index (χ2v) is 4.36. The summed E-state index contributed by atoms with van der Waals surface area (Å²) in [6.45, 7) is 0. The molecule has 1 aromatic heterocycles. The van der Waals surface area contributed by atoms with Crippen LogP contribution in [0.1, 0.15) is 11.3 Å². The summed E-state index contributed by atoms with van der Waals surface area (Å²) in [7, 11) is 0. The molecule has 2 nitrogen and oxygen atoms in total. The van der Waals surface area contributed by atoms with Crippen LogP contribution in [0.4, 0.5) is 4.39 Å². The molecule has 1 atom stereocenters. The summed E-state index contributed by atoms with van der Waals surface area (Å²) in [5, 5.41) is 0.417. The minimum Gasteiger partial charge on any atom is -0.469 e. The third-order valence-corrected chi connectivity index (χ3v) is 2.93. The second kappa shape index (κ2) is 5.34. The molecule has 2 rings (SSSR count). The van der Waals surface area contributed by atoms with Crippen LogP contribution in [-0.2, 0) is 12.8 Å². The lowest BCUT2D eigenvalue weighted by Crippen LogP contribution is -2.26. The number of hydrogen-bond donors (Lipinski definition) is 1. The highest BCUT2D eigenvalue weighted by Crippen LogP contribution is 2.21. The van der Waals surface area contributed by atoms with Crippen LogP contribution in [-0.4, -0.2) is 6.04 Å². The van der Waals surface area contributed by atoms with Crippen LogP contribution in [0.2, 0.25) is 5.02 Å². The van der Waals surface area contributed by atoms with E-state index >= 15 is 0 Å². The molecule has 0 radical (unpaired) electrons. The summed E-state index contributed by atoms with van der Waals surface area (Å²) in [6.07, 6.45) is 2.56. The van der Waals surface area contributed by atoms with Crippen molar-refractivity contribution in [3.05, 3.63) is 58.8 Å². The molecule has 0 saturated carbocycles. The fraction of sp³-hybridized carbons (Fsp3) is 0.231. The van der Waals surface area contributed by atoms with Crippen LogP contribution in [0, 0.1) is 5.82 Å². The molecule has 0 fully saturated rings. The fourth-order valence-corrected chi connectivity index (χ4v) is 1.99. The van der Waals surface area contributed by atoms with Crippen molar-refractivity contribution in [3.8, 4) is 0 Å². The van der Waals surface area contributed by atoms with Crippen molar-refractivity contribution >= 4 is 11.6 Å². The van der Waals surface area contributed by atoms with Crippen molar-refractivity contribution in [2.45, 2.75) is 18.9 Å². The van der Waals surface area contributed by atoms with Crippen LogP contribution >= 0.6 is 11.6 Å². The predicted molar refractivity (Wildman–Crippen MR) is 65.5 cm³/mol. The van der Waals surface area contributed by atoms with Gasteiger partial charge in [-0.05, 0) is 30.7 Å². The lowest BCUT2D eigenvalue weighted by atomic mass is 10.0. The quantitative estimate of drug-likeness (QED) is 0.909. The van der Waals surface area contributed by atoms with Gasteiger partial charge in [-0.15, -0.1) is 0 Å². The van der Waals surface area contributed by atoms with E-state index in [1.165, 1.54) is 6.07 Å². The van der Waals surface area contributed by atoms with Gasteiger partial charge in [-0.1, -0.05) is 17.7 Å². The highest BCUT2D eigenvalue weighted by Gasteiger charge is 2.13. The Hall–Kier alpha value is -1.32. The zero-order valence-electron chi connectivity index (χ0n) is 9.20. The highest BCUT2D eigenvalue weighted by molar-refractivity contribution is 6.31. The first kappa shape index (κ1) is 12.1. The third-order valence-electron chi connectivity index (χ3n) is 2.57. The van der Waals surface area contributed by atoms with E-state index in [1.54, 1.807) is 24.5 Å². The van der Waals surface area contributed by atoms with Gasteiger partial charge in [-0.2, -0.15) is 0 Å². The summed E-state index contributed by atoms with van der Waals surface area (Å²) < 4.78 is 18.7. The van der Waals surface area contributed by atoms with E-state index in [0.29, 0.717) is 23.4 Å². The maximum Gasteiger partial charge on any atom is 0.127 e. The molecular weight excluding hydrogens is 241 g/mol. The molecule has 90 valence electrons. The van der Waals surface area contributed by atoms with Gasteiger partial charge in [0.25, 0.3) is 0 Å². The fourth-order valence-electron chi connectivity index (χ4n) is 1.75. The molecule has 0 amide bonds. The number of halogens is 2. The van der Waals surface area contributed by atoms with Crippen molar-refractivity contribution in [1.82, 2.24) is 0 Å². The van der Waals surface area contributed by atoms with E-state index in [2.05, 4.69) is 0 Å². The van der Waals surface area contributed by atoms with Crippen molar-refractivity contribution in [2.75, 3.05) is 0 Å². The van der Waals surface area contributed by atoms with E-state index in [-0.39, 0.29) is 11.9 Å². The maximum absolute atomic E-state index is 13.5.